The van der Waals surface area contributed by atoms with Crippen LogP contribution in [0.3, 0.4) is 0 Å². The van der Waals surface area contributed by atoms with E-state index in [4.69, 9.17) is 0 Å². The van der Waals surface area contributed by atoms with Gasteiger partial charge in [0, 0.05) is 15.9 Å². The number of benzene rings is 1. The highest BCUT2D eigenvalue weighted by Crippen LogP contribution is 2.21. The smallest absolute Gasteiger partial charge is 0.258 e. The van der Waals surface area contributed by atoms with E-state index in [0.29, 0.717) is 10.0 Å². The van der Waals surface area contributed by atoms with Gasteiger partial charge in [-0.15, -0.1) is 0 Å². The lowest BCUT2D eigenvalue weighted by molar-refractivity contribution is -0.118. The van der Waals surface area contributed by atoms with Gasteiger partial charge >= 0.3 is 0 Å². The number of carbonyl (C=O) groups excluding carboxylic acids is 2. The van der Waals surface area contributed by atoms with Gasteiger partial charge in [0.25, 0.3) is 5.91 Å². The molecule has 0 heterocycles. The lowest BCUT2D eigenvalue weighted by atomic mass is 10.2. The van der Waals surface area contributed by atoms with Crippen LogP contribution in [0.1, 0.15) is 17.3 Å². The van der Waals surface area contributed by atoms with Crippen LogP contribution in [0.2, 0.25) is 0 Å². The Kier molecular flexibility index (Phi) is 3.83. The topological polar surface area (TPSA) is 46.2 Å². The van der Waals surface area contributed by atoms with Gasteiger partial charge in [0.2, 0.25) is 5.91 Å². The molecule has 1 rings (SSSR count). The molecular weight excluding hydrogens is 314 g/mol. The van der Waals surface area contributed by atoms with Crippen LogP contribution in [0.4, 0.5) is 0 Å². The van der Waals surface area contributed by atoms with E-state index in [1.54, 1.807) is 18.2 Å². The molecule has 0 fully saturated rings. The summed E-state index contributed by atoms with van der Waals surface area (Å²) in [6.07, 6.45) is 0. The van der Waals surface area contributed by atoms with Crippen LogP contribution in [0.25, 0.3) is 0 Å². The SMILES string of the molecule is CC(=O)NC(=O)c1ccc(Br)cc1Br. The number of imide groups is 1. The van der Waals surface area contributed by atoms with Gasteiger partial charge < -0.3 is 0 Å². The van der Waals surface area contributed by atoms with Gasteiger partial charge in [-0.1, -0.05) is 15.9 Å². The number of hydrogen-bond donors (Lipinski definition) is 1. The number of rotatable bonds is 1. The molecule has 0 unspecified atom stereocenters. The van der Waals surface area contributed by atoms with Crippen molar-refractivity contribution in [2.45, 2.75) is 6.92 Å². The Morgan fingerprint density at radius 2 is 1.93 bits per heavy atom. The zero-order chi connectivity index (χ0) is 10.7. The minimum Gasteiger partial charge on any atom is -0.293 e. The summed E-state index contributed by atoms with van der Waals surface area (Å²) in [6.45, 7) is 1.30. The average molecular weight is 321 g/mol. The Labute approximate surface area is 98.1 Å². The normalized spacial score (nSPS) is 9.64. The lowest BCUT2D eigenvalue weighted by Crippen LogP contribution is -2.28. The van der Waals surface area contributed by atoms with Crippen LogP contribution in [0.5, 0.6) is 0 Å². The summed E-state index contributed by atoms with van der Waals surface area (Å²) < 4.78 is 1.51. The van der Waals surface area contributed by atoms with Crippen molar-refractivity contribution in [3.8, 4) is 0 Å². The van der Waals surface area contributed by atoms with Crippen molar-refractivity contribution in [1.29, 1.82) is 0 Å². The number of halogens is 2. The van der Waals surface area contributed by atoms with Gasteiger partial charge in [0.15, 0.2) is 0 Å². The maximum absolute atomic E-state index is 11.4. The first-order valence-corrected chi connectivity index (χ1v) is 5.36. The largest absolute Gasteiger partial charge is 0.293 e. The monoisotopic (exact) mass is 319 g/mol. The second kappa shape index (κ2) is 4.70. The molecule has 2 amide bonds. The molecule has 0 bridgehead atoms. The molecule has 1 aromatic carbocycles. The minimum absolute atomic E-state index is 0.371. The zero-order valence-electron chi connectivity index (χ0n) is 7.30. The Morgan fingerprint density at radius 3 is 2.43 bits per heavy atom. The van der Waals surface area contributed by atoms with Gasteiger partial charge in [-0.2, -0.15) is 0 Å². The molecule has 14 heavy (non-hydrogen) atoms. The molecule has 0 aliphatic carbocycles. The fourth-order valence-corrected chi connectivity index (χ4v) is 2.13. The van der Waals surface area contributed by atoms with E-state index >= 15 is 0 Å². The molecule has 3 nitrogen and oxygen atoms in total. The second-order valence-electron chi connectivity index (χ2n) is 2.63. The summed E-state index contributed by atoms with van der Waals surface area (Å²) in [4.78, 5) is 22.1. The maximum Gasteiger partial charge on any atom is 0.258 e. The molecule has 0 aliphatic rings. The number of hydrogen-bond acceptors (Lipinski definition) is 2. The van der Waals surface area contributed by atoms with Crippen molar-refractivity contribution in [1.82, 2.24) is 5.32 Å². The van der Waals surface area contributed by atoms with Gasteiger partial charge in [0.1, 0.15) is 0 Å². The van der Waals surface area contributed by atoms with E-state index in [9.17, 15) is 9.59 Å². The van der Waals surface area contributed by atoms with Crippen molar-refractivity contribution < 1.29 is 9.59 Å². The lowest BCUT2D eigenvalue weighted by Gasteiger charge is -2.03. The molecule has 1 N–H and O–H groups in total. The quantitative estimate of drug-likeness (QED) is 0.864. The highest BCUT2D eigenvalue weighted by Gasteiger charge is 2.10. The minimum atomic E-state index is -0.406. The standard InChI is InChI=1S/C9H7Br2NO2/c1-5(13)12-9(14)7-3-2-6(10)4-8(7)11/h2-4H,1H3,(H,12,13,14). The molecule has 74 valence electrons. The summed E-state index contributed by atoms with van der Waals surface area (Å²) in [6, 6.07) is 5.11. The van der Waals surface area contributed by atoms with Crippen LogP contribution in [-0.2, 0) is 4.79 Å². The summed E-state index contributed by atoms with van der Waals surface area (Å²) in [5.41, 5.74) is 0.434. The molecule has 0 atom stereocenters. The van der Waals surface area contributed by atoms with Crippen LogP contribution in [0.15, 0.2) is 27.1 Å². The Bertz CT molecular complexity index is 390. The molecule has 0 radical (unpaired) electrons. The van der Waals surface area contributed by atoms with E-state index in [1.807, 2.05) is 0 Å². The van der Waals surface area contributed by atoms with Crippen molar-refractivity contribution in [2.24, 2.45) is 0 Å². The fraction of sp³-hybridized carbons (Fsp3) is 0.111. The van der Waals surface area contributed by atoms with E-state index in [0.717, 1.165) is 4.47 Å². The first-order valence-electron chi connectivity index (χ1n) is 3.77. The first kappa shape index (κ1) is 11.4. The third kappa shape index (κ3) is 2.92. The third-order valence-corrected chi connectivity index (χ3v) is 2.61. The Balaban J connectivity index is 2.96. The molecule has 0 aromatic heterocycles. The summed E-state index contributed by atoms with van der Waals surface area (Å²) in [5, 5.41) is 2.20. The fourth-order valence-electron chi connectivity index (χ4n) is 0.901. The molecule has 0 saturated heterocycles. The van der Waals surface area contributed by atoms with Gasteiger partial charge in [-0.05, 0) is 34.1 Å². The van der Waals surface area contributed by atoms with Gasteiger partial charge in [-0.25, -0.2) is 0 Å². The molecule has 0 saturated carbocycles. The molecule has 5 heteroatoms. The number of carbonyl (C=O) groups is 2. The Hall–Kier alpha value is -0.680. The molecular formula is C9H7Br2NO2. The predicted octanol–water partition coefficient (Wildman–Crippen LogP) is 2.49. The van der Waals surface area contributed by atoms with E-state index in [1.165, 1.54) is 6.92 Å². The van der Waals surface area contributed by atoms with Crippen LogP contribution in [-0.4, -0.2) is 11.8 Å². The van der Waals surface area contributed by atoms with Crippen molar-refractivity contribution in [3.05, 3.63) is 32.7 Å². The predicted molar refractivity (Wildman–Crippen MR) is 60.0 cm³/mol. The maximum atomic E-state index is 11.4. The van der Waals surface area contributed by atoms with Crippen LogP contribution in [0, 0.1) is 0 Å². The summed E-state index contributed by atoms with van der Waals surface area (Å²) in [7, 11) is 0. The summed E-state index contributed by atoms with van der Waals surface area (Å²) in [5.74, 6) is -0.776. The zero-order valence-corrected chi connectivity index (χ0v) is 10.5. The van der Waals surface area contributed by atoms with Crippen molar-refractivity contribution in [3.63, 3.8) is 0 Å². The van der Waals surface area contributed by atoms with Gasteiger partial charge in [-0.3, -0.25) is 14.9 Å². The van der Waals surface area contributed by atoms with Crippen LogP contribution < -0.4 is 5.32 Å². The van der Waals surface area contributed by atoms with Crippen molar-refractivity contribution in [2.75, 3.05) is 0 Å². The number of amides is 2. The van der Waals surface area contributed by atoms with Gasteiger partial charge in [0.05, 0.1) is 5.56 Å². The molecule has 0 aliphatic heterocycles. The first-order chi connectivity index (χ1) is 6.50. The average Bonchev–Trinajstić information content (AvgIpc) is 2.01. The third-order valence-electron chi connectivity index (χ3n) is 1.47. The highest BCUT2D eigenvalue weighted by atomic mass is 79.9. The van der Waals surface area contributed by atoms with E-state index in [2.05, 4.69) is 37.2 Å². The second-order valence-corrected chi connectivity index (χ2v) is 4.40. The molecule has 0 spiro atoms. The van der Waals surface area contributed by atoms with Crippen molar-refractivity contribution >= 4 is 43.7 Å². The highest BCUT2D eigenvalue weighted by molar-refractivity contribution is 9.11. The molecule has 1 aromatic rings. The number of nitrogens with one attached hydrogen (secondary N) is 1. The van der Waals surface area contributed by atoms with Crippen LogP contribution >= 0.6 is 31.9 Å². The van der Waals surface area contributed by atoms with E-state index < -0.39 is 5.91 Å². The van der Waals surface area contributed by atoms with E-state index in [-0.39, 0.29) is 5.91 Å². The Morgan fingerprint density at radius 1 is 1.29 bits per heavy atom. The summed E-state index contributed by atoms with van der Waals surface area (Å²) >= 11 is 6.50.